The smallest absolute Gasteiger partial charge is 0.229 e. The minimum absolute atomic E-state index is 0.00599. The summed E-state index contributed by atoms with van der Waals surface area (Å²) in [5.41, 5.74) is 1.13. The van der Waals surface area contributed by atoms with E-state index in [1.165, 1.54) is 0 Å². The maximum absolute atomic E-state index is 12.1. The molecule has 1 aromatic heterocycles. The Kier molecular flexibility index (Phi) is 3.80. The lowest BCUT2D eigenvalue weighted by molar-refractivity contribution is -0.117. The largest absolute Gasteiger partial charge is 0.296 e. The molecule has 1 unspecified atom stereocenters. The summed E-state index contributed by atoms with van der Waals surface area (Å²) in [6.45, 7) is 1.20. The maximum atomic E-state index is 12.1. The van der Waals surface area contributed by atoms with Crippen LogP contribution >= 0.6 is 15.9 Å². The number of carbonyl (C=O) groups is 1. The predicted octanol–water partition coefficient (Wildman–Crippen LogP) is 2.68. The van der Waals surface area contributed by atoms with Crippen molar-refractivity contribution in [2.24, 2.45) is 5.92 Å². The normalized spacial score (nSPS) is 18.0. The van der Waals surface area contributed by atoms with Gasteiger partial charge in [-0.15, -0.1) is 12.3 Å². The highest BCUT2D eigenvalue weighted by atomic mass is 79.9. The SMILES string of the molecule is C#CC1CC(=O)N(c2ccnn2Cc2ccc(Br)cc2)C1. The number of hydrogen-bond acceptors (Lipinski definition) is 2. The minimum Gasteiger partial charge on any atom is -0.296 e. The molecule has 0 radical (unpaired) electrons. The summed E-state index contributed by atoms with van der Waals surface area (Å²) < 4.78 is 2.87. The van der Waals surface area contributed by atoms with Gasteiger partial charge < -0.3 is 0 Å². The van der Waals surface area contributed by atoms with Crippen molar-refractivity contribution in [3.63, 3.8) is 0 Å². The quantitative estimate of drug-likeness (QED) is 0.803. The lowest BCUT2D eigenvalue weighted by atomic mass is 10.1. The van der Waals surface area contributed by atoms with Gasteiger partial charge in [-0.05, 0) is 17.7 Å². The number of carbonyl (C=O) groups excluding carboxylic acids is 1. The van der Waals surface area contributed by atoms with Crippen molar-refractivity contribution in [3.8, 4) is 12.3 Å². The van der Waals surface area contributed by atoms with Gasteiger partial charge in [0, 0.05) is 29.4 Å². The van der Waals surface area contributed by atoms with Gasteiger partial charge in [0.15, 0.2) is 0 Å². The van der Waals surface area contributed by atoms with Gasteiger partial charge >= 0.3 is 0 Å². The summed E-state index contributed by atoms with van der Waals surface area (Å²) in [6, 6.07) is 9.91. The summed E-state index contributed by atoms with van der Waals surface area (Å²) in [5.74, 6) is 3.53. The molecule has 1 atom stereocenters. The molecule has 5 heteroatoms. The summed E-state index contributed by atoms with van der Waals surface area (Å²) in [4.78, 5) is 13.8. The number of benzene rings is 1. The van der Waals surface area contributed by atoms with E-state index in [1.54, 1.807) is 11.1 Å². The Morgan fingerprint density at radius 2 is 2.10 bits per heavy atom. The molecule has 0 bridgehead atoms. The lowest BCUT2D eigenvalue weighted by Crippen LogP contribution is -2.27. The first-order valence-corrected chi connectivity index (χ1v) is 7.49. The topological polar surface area (TPSA) is 38.1 Å². The molecule has 106 valence electrons. The van der Waals surface area contributed by atoms with Gasteiger partial charge in [-0.25, -0.2) is 4.68 Å². The fourth-order valence-corrected chi connectivity index (χ4v) is 2.74. The van der Waals surface area contributed by atoms with Crippen LogP contribution in [0.2, 0.25) is 0 Å². The van der Waals surface area contributed by atoms with Gasteiger partial charge in [-0.1, -0.05) is 28.1 Å². The highest BCUT2D eigenvalue weighted by molar-refractivity contribution is 9.10. The molecular weight excluding hydrogens is 330 g/mol. The van der Waals surface area contributed by atoms with E-state index in [0.29, 0.717) is 19.5 Å². The number of anilines is 1. The van der Waals surface area contributed by atoms with Crippen molar-refractivity contribution in [1.29, 1.82) is 0 Å². The Bertz CT molecular complexity index is 699. The van der Waals surface area contributed by atoms with Crippen LogP contribution in [0.25, 0.3) is 0 Å². The molecule has 1 aliphatic heterocycles. The molecule has 1 aliphatic rings. The zero-order chi connectivity index (χ0) is 14.8. The second-order valence-electron chi connectivity index (χ2n) is 5.05. The van der Waals surface area contributed by atoms with Crippen molar-refractivity contribution in [1.82, 2.24) is 9.78 Å². The van der Waals surface area contributed by atoms with Crippen LogP contribution in [0.4, 0.5) is 5.82 Å². The Labute approximate surface area is 131 Å². The first kappa shape index (κ1) is 13.9. The van der Waals surface area contributed by atoms with Crippen molar-refractivity contribution in [3.05, 3.63) is 46.6 Å². The molecule has 0 N–H and O–H groups in total. The summed E-state index contributed by atoms with van der Waals surface area (Å²) in [6.07, 6.45) is 7.56. The molecule has 1 saturated heterocycles. The van der Waals surface area contributed by atoms with Crippen LogP contribution in [0, 0.1) is 18.3 Å². The first-order chi connectivity index (χ1) is 10.2. The zero-order valence-corrected chi connectivity index (χ0v) is 13.0. The molecule has 4 nitrogen and oxygen atoms in total. The van der Waals surface area contributed by atoms with Crippen molar-refractivity contribution < 1.29 is 4.79 Å². The number of amides is 1. The number of nitrogens with zero attached hydrogens (tertiary/aromatic N) is 3. The molecule has 2 aromatic rings. The molecule has 1 aromatic carbocycles. The number of aromatic nitrogens is 2. The van der Waals surface area contributed by atoms with Gasteiger partial charge in [0.25, 0.3) is 0 Å². The Morgan fingerprint density at radius 3 is 2.76 bits per heavy atom. The highest BCUT2D eigenvalue weighted by Gasteiger charge is 2.31. The van der Waals surface area contributed by atoms with Crippen LogP contribution in [-0.4, -0.2) is 22.2 Å². The number of halogens is 1. The maximum Gasteiger partial charge on any atom is 0.229 e. The minimum atomic E-state index is -0.00599. The van der Waals surface area contributed by atoms with Crippen LogP contribution < -0.4 is 4.90 Å². The second kappa shape index (κ2) is 5.74. The molecule has 21 heavy (non-hydrogen) atoms. The Hall–Kier alpha value is -2.06. The van der Waals surface area contributed by atoms with E-state index in [1.807, 2.05) is 35.0 Å². The molecule has 3 rings (SSSR count). The fourth-order valence-electron chi connectivity index (χ4n) is 2.48. The van der Waals surface area contributed by atoms with Crippen LogP contribution in [0.1, 0.15) is 12.0 Å². The lowest BCUT2D eigenvalue weighted by Gasteiger charge is -2.17. The van der Waals surface area contributed by atoms with E-state index in [4.69, 9.17) is 6.42 Å². The summed E-state index contributed by atoms with van der Waals surface area (Å²) in [5, 5.41) is 4.32. The molecule has 1 amide bonds. The molecular formula is C16H14BrN3O. The number of hydrogen-bond donors (Lipinski definition) is 0. The monoisotopic (exact) mass is 343 g/mol. The van der Waals surface area contributed by atoms with E-state index in [0.717, 1.165) is 15.9 Å². The average Bonchev–Trinajstić information content (AvgIpc) is 3.07. The standard InChI is InChI=1S/C16H14BrN3O/c1-2-12-9-16(21)19(10-12)15-7-8-18-20(15)11-13-3-5-14(17)6-4-13/h1,3-8,12H,9-11H2. The Balaban J connectivity index is 1.83. The first-order valence-electron chi connectivity index (χ1n) is 6.70. The number of rotatable bonds is 3. The van der Waals surface area contributed by atoms with Crippen molar-refractivity contribution >= 4 is 27.7 Å². The van der Waals surface area contributed by atoms with E-state index in [2.05, 4.69) is 26.9 Å². The molecule has 2 heterocycles. The highest BCUT2D eigenvalue weighted by Crippen LogP contribution is 2.25. The van der Waals surface area contributed by atoms with Crippen molar-refractivity contribution in [2.45, 2.75) is 13.0 Å². The predicted molar refractivity (Wildman–Crippen MR) is 84.8 cm³/mol. The third-order valence-corrected chi connectivity index (χ3v) is 4.11. The van der Waals surface area contributed by atoms with Crippen LogP contribution in [0.5, 0.6) is 0 Å². The summed E-state index contributed by atoms with van der Waals surface area (Å²) in [7, 11) is 0. The summed E-state index contributed by atoms with van der Waals surface area (Å²) >= 11 is 3.42. The van der Waals surface area contributed by atoms with E-state index in [-0.39, 0.29) is 11.8 Å². The number of terminal acetylenes is 1. The van der Waals surface area contributed by atoms with Gasteiger partial charge in [-0.2, -0.15) is 5.10 Å². The van der Waals surface area contributed by atoms with Crippen molar-refractivity contribution in [2.75, 3.05) is 11.4 Å². The fraction of sp³-hybridized carbons (Fsp3) is 0.250. The van der Waals surface area contributed by atoms with E-state index < -0.39 is 0 Å². The van der Waals surface area contributed by atoms with E-state index in [9.17, 15) is 4.79 Å². The van der Waals surface area contributed by atoms with Crippen LogP contribution in [-0.2, 0) is 11.3 Å². The molecule has 0 saturated carbocycles. The van der Waals surface area contributed by atoms with Gasteiger partial charge in [0.2, 0.25) is 5.91 Å². The third-order valence-electron chi connectivity index (χ3n) is 3.58. The van der Waals surface area contributed by atoms with Crippen LogP contribution in [0.15, 0.2) is 41.0 Å². The van der Waals surface area contributed by atoms with Gasteiger partial charge in [-0.3, -0.25) is 9.69 Å². The molecule has 1 fully saturated rings. The zero-order valence-electron chi connectivity index (χ0n) is 11.4. The molecule has 0 aliphatic carbocycles. The third kappa shape index (κ3) is 2.86. The van der Waals surface area contributed by atoms with E-state index >= 15 is 0 Å². The molecule has 0 spiro atoms. The Morgan fingerprint density at radius 1 is 1.33 bits per heavy atom. The second-order valence-corrected chi connectivity index (χ2v) is 5.96. The van der Waals surface area contributed by atoms with Crippen LogP contribution in [0.3, 0.4) is 0 Å². The average molecular weight is 344 g/mol. The van der Waals surface area contributed by atoms with Gasteiger partial charge in [0.1, 0.15) is 5.82 Å². The van der Waals surface area contributed by atoms with Gasteiger partial charge in [0.05, 0.1) is 12.7 Å².